The molecule has 1 atom stereocenters. The van der Waals surface area contributed by atoms with Gasteiger partial charge in [-0.1, -0.05) is 17.7 Å². The molecule has 6 heteroatoms. The van der Waals surface area contributed by atoms with E-state index in [9.17, 15) is 4.79 Å². The number of nitrogens with zero attached hydrogens (tertiary/aromatic N) is 1. The lowest BCUT2D eigenvalue weighted by Crippen LogP contribution is -2.27. The van der Waals surface area contributed by atoms with Gasteiger partial charge in [-0.15, -0.1) is 0 Å². The summed E-state index contributed by atoms with van der Waals surface area (Å²) in [6.45, 7) is 3.73. The van der Waals surface area contributed by atoms with Gasteiger partial charge < -0.3 is 20.7 Å². The number of hydrogen-bond donors (Lipinski definition) is 2. The number of carbonyl (C=O) groups excluding carboxylic acids is 1. The van der Waals surface area contributed by atoms with Crippen molar-refractivity contribution in [2.45, 2.75) is 13.0 Å². The van der Waals surface area contributed by atoms with Gasteiger partial charge >= 0.3 is 0 Å². The zero-order valence-corrected chi connectivity index (χ0v) is 13.0. The minimum Gasteiger partial charge on any atom is -0.383 e. The summed E-state index contributed by atoms with van der Waals surface area (Å²) in [5.41, 5.74) is 7.47. The highest BCUT2D eigenvalue weighted by Gasteiger charge is 2.27. The standard InChI is InChI=1S/C15H22ClN3O2/c1-21-7-5-18-9-11-2-3-14(13(16)8-11)19-6-4-12(10-19)15(17)20/h2-3,8,12,18H,4-7,9-10H2,1H3,(H2,17,20). The van der Waals surface area contributed by atoms with Gasteiger partial charge in [0.05, 0.1) is 23.2 Å². The van der Waals surface area contributed by atoms with E-state index >= 15 is 0 Å². The first-order valence-corrected chi connectivity index (χ1v) is 7.52. The number of amides is 1. The van der Waals surface area contributed by atoms with Gasteiger partial charge in [-0.05, 0) is 24.1 Å². The predicted molar refractivity (Wildman–Crippen MR) is 84.5 cm³/mol. The third kappa shape index (κ3) is 4.33. The summed E-state index contributed by atoms with van der Waals surface area (Å²) >= 11 is 6.37. The van der Waals surface area contributed by atoms with Crippen LogP contribution in [0.3, 0.4) is 0 Å². The van der Waals surface area contributed by atoms with E-state index in [-0.39, 0.29) is 11.8 Å². The zero-order chi connectivity index (χ0) is 15.2. The molecule has 0 aromatic heterocycles. The van der Waals surface area contributed by atoms with E-state index in [2.05, 4.69) is 16.3 Å². The highest BCUT2D eigenvalue weighted by molar-refractivity contribution is 6.33. The largest absolute Gasteiger partial charge is 0.383 e. The van der Waals surface area contributed by atoms with Crippen molar-refractivity contribution in [1.82, 2.24) is 5.32 Å². The number of nitrogens with two attached hydrogens (primary N) is 1. The lowest BCUT2D eigenvalue weighted by molar-refractivity contribution is -0.121. The molecule has 0 spiro atoms. The van der Waals surface area contributed by atoms with Crippen molar-refractivity contribution in [1.29, 1.82) is 0 Å². The Balaban J connectivity index is 1.95. The maximum absolute atomic E-state index is 11.2. The Bertz CT molecular complexity index is 496. The highest BCUT2D eigenvalue weighted by atomic mass is 35.5. The van der Waals surface area contributed by atoms with Gasteiger partial charge in [0, 0.05) is 33.3 Å². The molecule has 1 amide bonds. The Kier molecular flexibility index (Phi) is 5.85. The van der Waals surface area contributed by atoms with Gasteiger partial charge in [0.1, 0.15) is 0 Å². The van der Waals surface area contributed by atoms with Crippen LogP contribution in [0.4, 0.5) is 5.69 Å². The van der Waals surface area contributed by atoms with Crippen LogP contribution >= 0.6 is 11.6 Å². The predicted octanol–water partition coefficient (Wildman–Crippen LogP) is 1.39. The van der Waals surface area contributed by atoms with E-state index in [0.29, 0.717) is 18.2 Å². The van der Waals surface area contributed by atoms with Crippen molar-refractivity contribution < 1.29 is 9.53 Å². The second kappa shape index (κ2) is 7.64. The number of halogens is 1. The molecule has 1 aliphatic heterocycles. The highest BCUT2D eigenvalue weighted by Crippen LogP contribution is 2.31. The molecule has 1 aromatic rings. The van der Waals surface area contributed by atoms with Gasteiger partial charge in [-0.2, -0.15) is 0 Å². The quantitative estimate of drug-likeness (QED) is 0.747. The molecule has 1 aliphatic rings. The second-order valence-electron chi connectivity index (χ2n) is 5.29. The van der Waals surface area contributed by atoms with Crippen molar-refractivity contribution in [2.24, 2.45) is 11.7 Å². The topological polar surface area (TPSA) is 67.6 Å². The van der Waals surface area contributed by atoms with Crippen LogP contribution in [0.2, 0.25) is 5.02 Å². The summed E-state index contributed by atoms with van der Waals surface area (Å²) < 4.78 is 4.99. The van der Waals surface area contributed by atoms with Crippen molar-refractivity contribution in [3.63, 3.8) is 0 Å². The van der Waals surface area contributed by atoms with E-state index in [1.165, 1.54) is 0 Å². The van der Waals surface area contributed by atoms with E-state index in [0.717, 1.165) is 37.3 Å². The van der Waals surface area contributed by atoms with Crippen LogP contribution in [0.15, 0.2) is 18.2 Å². The van der Waals surface area contributed by atoms with Gasteiger partial charge in [0.15, 0.2) is 0 Å². The molecule has 5 nitrogen and oxygen atoms in total. The van der Waals surface area contributed by atoms with Crippen LogP contribution in [-0.4, -0.2) is 39.3 Å². The summed E-state index contributed by atoms with van der Waals surface area (Å²) in [5, 5.41) is 4.00. The van der Waals surface area contributed by atoms with Gasteiger partial charge in [0.25, 0.3) is 0 Å². The van der Waals surface area contributed by atoms with E-state index < -0.39 is 0 Å². The average molecular weight is 312 g/mol. The van der Waals surface area contributed by atoms with E-state index in [1.54, 1.807) is 7.11 Å². The first-order valence-electron chi connectivity index (χ1n) is 7.14. The fraction of sp³-hybridized carbons (Fsp3) is 0.533. The molecule has 1 aromatic carbocycles. The molecule has 2 rings (SSSR count). The van der Waals surface area contributed by atoms with Crippen LogP contribution in [0.25, 0.3) is 0 Å². The molecule has 0 radical (unpaired) electrons. The molecular formula is C15H22ClN3O2. The average Bonchev–Trinajstić information content (AvgIpc) is 2.93. The number of anilines is 1. The minimum absolute atomic E-state index is 0.0727. The molecule has 116 valence electrons. The zero-order valence-electron chi connectivity index (χ0n) is 12.3. The molecule has 3 N–H and O–H groups in total. The summed E-state index contributed by atoms with van der Waals surface area (Å²) in [5.74, 6) is -0.302. The number of ether oxygens (including phenoxy) is 1. The van der Waals surface area contributed by atoms with Crippen LogP contribution in [0.1, 0.15) is 12.0 Å². The van der Waals surface area contributed by atoms with Crippen LogP contribution in [-0.2, 0) is 16.1 Å². The van der Waals surface area contributed by atoms with Crippen molar-refractivity contribution in [3.05, 3.63) is 28.8 Å². The van der Waals surface area contributed by atoms with Gasteiger partial charge in [-0.3, -0.25) is 4.79 Å². The number of nitrogens with one attached hydrogen (secondary N) is 1. The molecule has 21 heavy (non-hydrogen) atoms. The molecule has 1 fully saturated rings. The SMILES string of the molecule is COCCNCc1ccc(N2CCC(C(N)=O)C2)c(Cl)c1. The second-order valence-corrected chi connectivity index (χ2v) is 5.70. The number of carbonyl (C=O) groups is 1. The summed E-state index contributed by atoms with van der Waals surface area (Å²) in [6, 6.07) is 6.03. The smallest absolute Gasteiger partial charge is 0.222 e. The summed E-state index contributed by atoms with van der Waals surface area (Å²) in [4.78, 5) is 13.4. The van der Waals surface area contributed by atoms with Crippen molar-refractivity contribution in [3.8, 4) is 0 Å². The minimum atomic E-state index is -0.229. The van der Waals surface area contributed by atoms with Crippen molar-refractivity contribution >= 4 is 23.2 Å². The number of hydrogen-bond acceptors (Lipinski definition) is 4. The van der Waals surface area contributed by atoms with E-state index in [1.807, 2.05) is 12.1 Å². The molecule has 1 unspecified atom stereocenters. The van der Waals surface area contributed by atoms with Crippen molar-refractivity contribution in [2.75, 3.05) is 38.3 Å². The Morgan fingerprint density at radius 1 is 1.57 bits per heavy atom. The third-order valence-corrected chi connectivity index (χ3v) is 4.06. The monoisotopic (exact) mass is 311 g/mol. The maximum atomic E-state index is 11.2. The molecule has 1 heterocycles. The number of methoxy groups -OCH3 is 1. The van der Waals surface area contributed by atoms with Crippen LogP contribution < -0.4 is 16.0 Å². The van der Waals surface area contributed by atoms with E-state index in [4.69, 9.17) is 22.1 Å². The Labute approximate surface area is 130 Å². The van der Waals surface area contributed by atoms with Gasteiger partial charge in [-0.25, -0.2) is 0 Å². The third-order valence-electron chi connectivity index (χ3n) is 3.76. The Morgan fingerprint density at radius 2 is 2.38 bits per heavy atom. The summed E-state index contributed by atoms with van der Waals surface area (Å²) in [6.07, 6.45) is 0.798. The molecule has 0 saturated carbocycles. The first kappa shape index (κ1) is 16.1. The van der Waals surface area contributed by atoms with Gasteiger partial charge in [0.2, 0.25) is 5.91 Å². The fourth-order valence-corrected chi connectivity index (χ4v) is 2.86. The molecule has 1 saturated heterocycles. The number of rotatable bonds is 7. The molecular weight excluding hydrogens is 290 g/mol. The van der Waals surface area contributed by atoms with Crippen LogP contribution in [0.5, 0.6) is 0 Å². The Hall–Kier alpha value is -1.30. The Morgan fingerprint density at radius 3 is 3.00 bits per heavy atom. The normalized spacial score (nSPS) is 18.2. The summed E-state index contributed by atoms with van der Waals surface area (Å²) in [7, 11) is 1.68. The number of benzene rings is 1. The lowest BCUT2D eigenvalue weighted by atomic mass is 10.1. The molecule has 0 bridgehead atoms. The first-order chi connectivity index (χ1) is 10.1. The fourth-order valence-electron chi connectivity index (χ4n) is 2.54. The number of primary amides is 1. The lowest BCUT2D eigenvalue weighted by Gasteiger charge is -2.20. The van der Waals surface area contributed by atoms with Crippen LogP contribution in [0, 0.1) is 5.92 Å². The maximum Gasteiger partial charge on any atom is 0.222 e. The molecule has 0 aliphatic carbocycles.